The van der Waals surface area contributed by atoms with Gasteiger partial charge in [0, 0.05) is 4.88 Å². The van der Waals surface area contributed by atoms with Gasteiger partial charge < -0.3 is 5.32 Å². The first-order chi connectivity index (χ1) is 8.33. The van der Waals surface area contributed by atoms with E-state index in [0.717, 1.165) is 5.82 Å². The molecule has 3 heterocycles. The summed E-state index contributed by atoms with van der Waals surface area (Å²) in [4.78, 5) is 1.27. The molecule has 0 spiro atoms. The fourth-order valence-electron chi connectivity index (χ4n) is 1.56. The lowest BCUT2D eigenvalue weighted by molar-refractivity contribution is 0.729. The van der Waals surface area contributed by atoms with Crippen molar-refractivity contribution in [3.63, 3.8) is 0 Å². The Labute approximate surface area is 101 Å². The van der Waals surface area contributed by atoms with Gasteiger partial charge in [0.15, 0.2) is 5.65 Å². The number of aromatic nitrogens is 5. The lowest BCUT2D eigenvalue weighted by atomic mass is 10.3. The molecule has 3 rings (SSSR count). The van der Waals surface area contributed by atoms with Crippen LogP contribution in [0.4, 0.5) is 5.82 Å². The van der Waals surface area contributed by atoms with E-state index < -0.39 is 0 Å². The van der Waals surface area contributed by atoms with Gasteiger partial charge in [0.1, 0.15) is 5.82 Å². The van der Waals surface area contributed by atoms with Gasteiger partial charge in [-0.2, -0.15) is 0 Å². The summed E-state index contributed by atoms with van der Waals surface area (Å²) in [5, 5.41) is 20.7. The molecule has 0 aliphatic heterocycles. The van der Waals surface area contributed by atoms with E-state index in [9.17, 15) is 0 Å². The van der Waals surface area contributed by atoms with Crippen LogP contribution in [0.1, 0.15) is 17.8 Å². The van der Waals surface area contributed by atoms with Crippen molar-refractivity contribution in [3.8, 4) is 0 Å². The third-order valence-electron chi connectivity index (χ3n) is 2.40. The van der Waals surface area contributed by atoms with E-state index in [4.69, 9.17) is 0 Å². The highest BCUT2D eigenvalue weighted by atomic mass is 32.1. The normalized spacial score (nSPS) is 12.8. The van der Waals surface area contributed by atoms with Crippen LogP contribution in [0.2, 0.25) is 0 Å². The zero-order valence-corrected chi connectivity index (χ0v) is 9.92. The highest BCUT2D eigenvalue weighted by Gasteiger charge is 2.07. The summed E-state index contributed by atoms with van der Waals surface area (Å²) >= 11 is 1.72. The van der Waals surface area contributed by atoms with Crippen molar-refractivity contribution < 1.29 is 0 Å². The molecule has 0 bridgehead atoms. The van der Waals surface area contributed by atoms with Gasteiger partial charge in [0.25, 0.3) is 0 Å². The predicted molar refractivity (Wildman–Crippen MR) is 64.9 cm³/mol. The summed E-state index contributed by atoms with van der Waals surface area (Å²) in [6.07, 6.45) is 0. The minimum Gasteiger partial charge on any atom is -0.361 e. The molecule has 1 N–H and O–H groups in total. The molecule has 3 aromatic heterocycles. The standard InChI is InChI=1S/C10H10N6S/c1-7(8-3-2-6-17-8)11-9-4-5-10-12-14-15-16(10)13-9/h2-7H,1H3,(H,11,13). The lowest BCUT2D eigenvalue weighted by Crippen LogP contribution is -2.08. The molecule has 17 heavy (non-hydrogen) atoms. The van der Waals surface area contributed by atoms with Crippen LogP contribution >= 0.6 is 11.3 Å². The smallest absolute Gasteiger partial charge is 0.200 e. The molecule has 3 aromatic rings. The molecule has 7 heteroatoms. The molecule has 0 aliphatic carbocycles. The van der Waals surface area contributed by atoms with Gasteiger partial charge in [-0.05, 0) is 40.9 Å². The first kappa shape index (κ1) is 10.2. The van der Waals surface area contributed by atoms with E-state index in [0.29, 0.717) is 5.65 Å². The molecular weight excluding hydrogens is 236 g/mol. The number of thiophene rings is 1. The fraction of sp³-hybridized carbons (Fsp3) is 0.200. The van der Waals surface area contributed by atoms with Crippen molar-refractivity contribution in [1.82, 2.24) is 25.3 Å². The van der Waals surface area contributed by atoms with Crippen LogP contribution in [0.3, 0.4) is 0 Å². The summed E-state index contributed by atoms with van der Waals surface area (Å²) in [6.45, 7) is 2.09. The van der Waals surface area contributed by atoms with Gasteiger partial charge in [-0.1, -0.05) is 6.07 Å². The fourth-order valence-corrected chi connectivity index (χ4v) is 2.29. The van der Waals surface area contributed by atoms with Crippen molar-refractivity contribution >= 4 is 22.8 Å². The van der Waals surface area contributed by atoms with Crippen LogP contribution in [-0.4, -0.2) is 25.3 Å². The van der Waals surface area contributed by atoms with E-state index in [1.54, 1.807) is 11.3 Å². The minimum atomic E-state index is 0.219. The van der Waals surface area contributed by atoms with Gasteiger partial charge in [0.05, 0.1) is 6.04 Å². The summed E-state index contributed by atoms with van der Waals surface area (Å²) < 4.78 is 1.41. The van der Waals surface area contributed by atoms with Gasteiger partial charge >= 0.3 is 0 Å². The molecule has 0 amide bonds. The second kappa shape index (κ2) is 4.10. The Morgan fingerprint density at radius 1 is 1.35 bits per heavy atom. The van der Waals surface area contributed by atoms with Crippen LogP contribution in [-0.2, 0) is 0 Å². The third-order valence-corrected chi connectivity index (χ3v) is 3.46. The third kappa shape index (κ3) is 1.96. The van der Waals surface area contributed by atoms with E-state index in [1.165, 1.54) is 9.51 Å². The summed E-state index contributed by atoms with van der Waals surface area (Å²) in [5.41, 5.74) is 0.638. The van der Waals surface area contributed by atoms with Gasteiger partial charge in [0.2, 0.25) is 0 Å². The Hall–Kier alpha value is -2.02. The number of hydrogen-bond acceptors (Lipinski definition) is 6. The van der Waals surface area contributed by atoms with E-state index in [1.807, 2.05) is 18.2 Å². The van der Waals surface area contributed by atoms with Crippen LogP contribution in [0, 0.1) is 0 Å². The molecule has 6 nitrogen and oxygen atoms in total. The van der Waals surface area contributed by atoms with E-state index in [2.05, 4.69) is 44.3 Å². The maximum absolute atomic E-state index is 4.26. The number of rotatable bonds is 3. The molecule has 1 unspecified atom stereocenters. The summed E-state index contributed by atoms with van der Waals surface area (Å²) in [5.74, 6) is 0.755. The molecule has 0 radical (unpaired) electrons. The van der Waals surface area contributed by atoms with Gasteiger partial charge in [-0.15, -0.1) is 26.2 Å². The topological polar surface area (TPSA) is 68.0 Å². The number of fused-ring (bicyclic) bond motifs is 1. The van der Waals surface area contributed by atoms with Crippen molar-refractivity contribution in [3.05, 3.63) is 34.5 Å². The number of nitrogens with zero attached hydrogens (tertiary/aromatic N) is 5. The number of anilines is 1. The lowest BCUT2D eigenvalue weighted by Gasteiger charge is -2.11. The minimum absolute atomic E-state index is 0.219. The Balaban J connectivity index is 1.84. The van der Waals surface area contributed by atoms with Gasteiger partial charge in [-0.25, -0.2) is 0 Å². The zero-order valence-electron chi connectivity index (χ0n) is 9.11. The maximum Gasteiger partial charge on any atom is 0.200 e. The van der Waals surface area contributed by atoms with Crippen molar-refractivity contribution in [2.45, 2.75) is 13.0 Å². The molecule has 0 saturated carbocycles. The van der Waals surface area contributed by atoms with Crippen molar-refractivity contribution in [2.75, 3.05) is 5.32 Å². The number of tetrazole rings is 1. The van der Waals surface area contributed by atoms with Crippen LogP contribution in [0.15, 0.2) is 29.6 Å². The Bertz CT molecular complexity index is 617. The van der Waals surface area contributed by atoms with Crippen LogP contribution in [0.5, 0.6) is 0 Å². The highest BCUT2D eigenvalue weighted by Crippen LogP contribution is 2.21. The second-order valence-electron chi connectivity index (χ2n) is 3.63. The summed E-state index contributed by atoms with van der Waals surface area (Å²) in [7, 11) is 0. The second-order valence-corrected chi connectivity index (χ2v) is 4.61. The molecule has 0 fully saturated rings. The molecule has 86 valence electrons. The Morgan fingerprint density at radius 2 is 2.29 bits per heavy atom. The highest BCUT2D eigenvalue weighted by molar-refractivity contribution is 7.10. The largest absolute Gasteiger partial charge is 0.361 e. The quantitative estimate of drug-likeness (QED) is 0.762. The Morgan fingerprint density at radius 3 is 3.12 bits per heavy atom. The average molecular weight is 246 g/mol. The average Bonchev–Trinajstić information content (AvgIpc) is 2.99. The SMILES string of the molecule is CC(Nc1ccc2nnnn2n1)c1cccs1. The van der Waals surface area contributed by atoms with Crippen molar-refractivity contribution in [1.29, 1.82) is 0 Å². The molecule has 0 saturated heterocycles. The molecular formula is C10H10N6S. The van der Waals surface area contributed by atoms with Crippen LogP contribution in [0.25, 0.3) is 5.65 Å². The predicted octanol–water partition coefficient (Wildman–Crippen LogP) is 1.75. The van der Waals surface area contributed by atoms with Crippen molar-refractivity contribution in [2.24, 2.45) is 0 Å². The maximum atomic E-state index is 4.26. The van der Waals surface area contributed by atoms with Crippen LogP contribution < -0.4 is 5.32 Å². The molecule has 0 aromatic carbocycles. The zero-order chi connectivity index (χ0) is 11.7. The first-order valence-corrected chi connectivity index (χ1v) is 6.06. The van der Waals surface area contributed by atoms with Gasteiger partial charge in [-0.3, -0.25) is 0 Å². The molecule has 1 atom stereocenters. The Kier molecular flexibility index (Phi) is 2.45. The number of hydrogen-bond donors (Lipinski definition) is 1. The first-order valence-electron chi connectivity index (χ1n) is 5.18. The van der Waals surface area contributed by atoms with E-state index in [-0.39, 0.29) is 6.04 Å². The van der Waals surface area contributed by atoms with E-state index >= 15 is 0 Å². The number of nitrogens with one attached hydrogen (secondary N) is 1. The summed E-state index contributed by atoms with van der Waals surface area (Å²) in [6, 6.07) is 8.05. The molecule has 0 aliphatic rings. The monoisotopic (exact) mass is 246 g/mol.